The fourth-order valence-corrected chi connectivity index (χ4v) is 1.95. The standard InChI is InChI=1S/C10H9ClN2O3S/c1-16-9-4-2-8(3-5-9)13-7-10(6-12-13)17(11,14)15/h2-7H,1H3. The summed E-state index contributed by atoms with van der Waals surface area (Å²) < 4.78 is 28.6. The molecule has 1 aromatic heterocycles. The quantitative estimate of drug-likeness (QED) is 0.800. The SMILES string of the molecule is COc1ccc(-n2cc(S(=O)(=O)Cl)cn2)cc1. The first-order chi connectivity index (χ1) is 8.00. The fourth-order valence-electron chi connectivity index (χ4n) is 1.31. The fraction of sp³-hybridized carbons (Fsp3) is 0.100. The van der Waals surface area contributed by atoms with E-state index in [2.05, 4.69) is 5.10 Å². The van der Waals surface area contributed by atoms with Gasteiger partial charge in [-0.1, -0.05) is 0 Å². The van der Waals surface area contributed by atoms with Gasteiger partial charge >= 0.3 is 0 Å². The van der Waals surface area contributed by atoms with Crippen LogP contribution in [0.25, 0.3) is 5.69 Å². The Morgan fingerprint density at radius 1 is 1.29 bits per heavy atom. The first-order valence-electron chi connectivity index (χ1n) is 4.64. The number of halogens is 1. The lowest BCUT2D eigenvalue weighted by Gasteiger charge is -2.02. The molecule has 0 radical (unpaired) electrons. The lowest BCUT2D eigenvalue weighted by atomic mass is 10.3. The Labute approximate surface area is 103 Å². The van der Waals surface area contributed by atoms with E-state index in [1.165, 1.54) is 17.1 Å². The van der Waals surface area contributed by atoms with E-state index >= 15 is 0 Å². The molecule has 0 amide bonds. The molecule has 0 N–H and O–H groups in total. The Kier molecular flexibility index (Phi) is 3.08. The molecule has 1 heterocycles. The van der Waals surface area contributed by atoms with Crippen molar-refractivity contribution in [3.05, 3.63) is 36.7 Å². The van der Waals surface area contributed by atoms with Crippen LogP contribution in [0.1, 0.15) is 0 Å². The van der Waals surface area contributed by atoms with E-state index in [-0.39, 0.29) is 4.90 Å². The lowest BCUT2D eigenvalue weighted by Crippen LogP contribution is -1.94. The highest BCUT2D eigenvalue weighted by atomic mass is 35.7. The van der Waals surface area contributed by atoms with Gasteiger partial charge in [-0.05, 0) is 24.3 Å². The van der Waals surface area contributed by atoms with Gasteiger partial charge in [-0.3, -0.25) is 0 Å². The number of ether oxygens (including phenoxy) is 1. The van der Waals surface area contributed by atoms with Crippen molar-refractivity contribution in [1.82, 2.24) is 9.78 Å². The molecule has 0 aliphatic carbocycles. The van der Waals surface area contributed by atoms with Crippen molar-refractivity contribution in [3.8, 4) is 11.4 Å². The molecule has 7 heteroatoms. The topological polar surface area (TPSA) is 61.2 Å². The molecule has 2 rings (SSSR count). The number of benzene rings is 1. The smallest absolute Gasteiger partial charge is 0.264 e. The Balaban J connectivity index is 2.37. The molecule has 0 aliphatic heterocycles. The zero-order valence-corrected chi connectivity index (χ0v) is 10.4. The van der Waals surface area contributed by atoms with Crippen molar-refractivity contribution >= 4 is 19.7 Å². The maximum Gasteiger partial charge on any atom is 0.264 e. The Morgan fingerprint density at radius 3 is 2.41 bits per heavy atom. The van der Waals surface area contributed by atoms with Crippen molar-refractivity contribution in [2.45, 2.75) is 4.90 Å². The van der Waals surface area contributed by atoms with Crippen molar-refractivity contribution in [2.24, 2.45) is 0 Å². The van der Waals surface area contributed by atoms with Gasteiger partial charge in [-0.15, -0.1) is 0 Å². The van der Waals surface area contributed by atoms with Gasteiger partial charge in [0.2, 0.25) is 0 Å². The molecule has 0 spiro atoms. The molecule has 17 heavy (non-hydrogen) atoms. The average Bonchev–Trinajstić information content (AvgIpc) is 2.78. The van der Waals surface area contributed by atoms with Crippen LogP contribution in [0.15, 0.2) is 41.6 Å². The minimum absolute atomic E-state index is 0.0324. The molecule has 0 fully saturated rings. The van der Waals surface area contributed by atoms with Crippen LogP contribution in [-0.4, -0.2) is 25.3 Å². The third-order valence-electron chi connectivity index (χ3n) is 2.18. The summed E-state index contributed by atoms with van der Waals surface area (Å²) in [5.41, 5.74) is 0.720. The van der Waals surface area contributed by atoms with E-state index in [0.717, 1.165) is 5.69 Å². The number of methoxy groups -OCH3 is 1. The molecule has 0 saturated heterocycles. The summed E-state index contributed by atoms with van der Waals surface area (Å²) in [4.78, 5) is -0.0324. The van der Waals surface area contributed by atoms with Crippen LogP contribution in [0.4, 0.5) is 0 Å². The summed E-state index contributed by atoms with van der Waals surface area (Å²) in [6, 6.07) is 7.03. The summed E-state index contributed by atoms with van der Waals surface area (Å²) in [6.45, 7) is 0. The predicted octanol–water partition coefficient (Wildman–Crippen LogP) is 1.81. The highest BCUT2D eigenvalue weighted by Gasteiger charge is 2.13. The van der Waals surface area contributed by atoms with Crippen LogP contribution >= 0.6 is 10.7 Å². The normalized spacial score (nSPS) is 11.4. The molecule has 90 valence electrons. The second-order valence-corrected chi connectivity index (χ2v) is 5.82. The summed E-state index contributed by atoms with van der Waals surface area (Å²) in [6.07, 6.45) is 2.55. The van der Waals surface area contributed by atoms with Gasteiger partial charge in [0.1, 0.15) is 10.6 Å². The van der Waals surface area contributed by atoms with E-state index in [1.54, 1.807) is 31.4 Å². The molecule has 5 nitrogen and oxygen atoms in total. The molecule has 0 bridgehead atoms. The maximum atomic E-state index is 11.1. The molecular formula is C10H9ClN2O3S. The summed E-state index contributed by atoms with van der Waals surface area (Å²) in [5, 5.41) is 3.92. The van der Waals surface area contributed by atoms with Gasteiger partial charge in [-0.2, -0.15) is 5.10 Å². The van der Waals surface area contributed by atoms with Crippen LogP contribution < -0.4 is 4.74 Å². The number of rotatable bonds is 3. The van der Waals surface area contributed by atoms with Crippen LogP contribution in [0, 0.1) is 0 Å². The van der Waals surface area contributed by atoms with E-state index in [9.17, 15) is 8.42 Å². The average molecular weight is 273 g/mol. The number of aromatic nitrogens is 2. The molecule has 1 aromatic carbocycles. The molecular weight excluding hydrogens is 264 g/mol. The van der Waals surface area contributed by atoms with Gasteiger partial charge in [-0.25, -0.2) is 13.1 Å². The third kappa shape index (κ3) is 2.59. The van der Waals surface area contributed by atoms with Gasteiger partial charge in [0.25, 0.3) is 9.05 Å². The number of hydrogen-bond donors (Lipinski definition) is 0. The van der Waals surface area contributed by atoms with Crippen LogP contribution in [-0.2, 0) is 9.05 Å². The van der Waals surface area contributed by atoms with Crippen molar-refractivity contribution in [3.63, 3.8) is 0 Å². The highest BCUT2D eigenvalue weighted by Crippen LogP contribution is 2.18. The second kappa shape index (κ2) is 4.38. The predicted molar refractivity (Wildman–Crippen MR) is 63.2 cm³/mol. The van der Waals surface area contributed by atoms with Gasteiger partial charge < -0.3 is 4.74 Å². The molecule has 0 unspecified atom stereocenters. The minimum atomic E-state index is -3.74. The van der Waals surface area contributed by atoms with Crippen LogP contribution in [0.3, 0.4) is 0 Å². The molecule has 2 aromatic rings. The Bertz CT molecular complexity index is 619. The van der Waals surface area contributed by atoms with Crippen molar-refractivity contribution in [2.75, 3.05) is 7.11 Å². The van der Waals surface area contributed by atoms with Gasteiger partial charge in [0, 0.05) is 10.7 Å². The minimum Gasteiger partial charge on any atom is -0.497 e. The molecule has 0 aliphatic rings. The van der Waals surface area contributed by atoms with E-state index in [0.29, 0.717) is 5.75 Å². The van der Waals surface area contributed by atoms with Crippen LogP contribution in [0.2, 0.25) is 0 Å². The number of hydrogen-bond acceptors (Lipinski definition) is 4. The summed E-state index contributed by atoms with van der Waals surface area (Å²) in [7, 11) is 3.04. The zero-order chi connectivity index (χ0) is 12.5. The highest BCUT2D eigenvalue weighted by molar-refractivity contribution is 8.13. The first kappa shape index (κ1) is 11.9. The van der Waals surface area contributed by atoms with E-state index < -0.39 is 9.05 Å². The zero-order valence-electron chi connectivity index (χ0n) is 8.87. The number of nitrogens with zero attached hydrogens (tertiary/aromatic N) is 2. The van der Waals surface area contributed by atoms with Crippen molar-refractivity contribution < 1.29 is 13.2 Å². The molecule has 0 atom stereocenters. The maximum absolute atomic E-state index is 11.1. The van der Waals surface area contributed by atoms with Crippen molar-refractivity contribution in [1.29, 1.82) is 0 Å². The summed E-state index contributed by atoms with van der Waals surface area (Å²) >= 11 is 0. The lowest BCUT2D eigenvalue weighted by molar-refractivity contribution is 0.414. The Morgan fingerprint density at radius 2 is 1.94 bits per heavy atom. The monoisotopic (exact) mass is 272 g/mol. The van der Waals surface area contributed by atoms with Gasteiger partial charge in [0.15, 0.2) is 0 Å². The Hall–Kier alpha value is -1.53. The van der Waals surface area contributed by atoms with Crippen LogP contribution in [0.5, 0.6) is 5.75 Å². The third-order valence-corrected chi connectivity index (χ3v) is 3.49. The second-order valence-electron chi connectivity index (χ2n) is 3.26. The summed E-state index contributed by atoms with van der Waals surface area (Å²) in [5.74, 6) is 0.714. The largest absolute Gasteiger partial charge is 0.497 e. The van der Waals surface area contributed by atoms with Gasteiger partial charge in [0.05, 0.1) is 25.2 Å². The molecule has 0 saturated carbocycles. The first-order valence-corrected chi connectivity index (χ1v) is 6.95. The van der Waals surface area contributed by atoms with E-state index in [1.807, 2.05) is 0 Å². The van der Waals surface area contributed by atoms with E-state index in [4.69, 9.17) is 15.4 Å².